The van der Waals surface area contributed by atoms with E-state index in [0.717, 1.165) is 5.69 Å². The van der Waals surface area contributed by atoms with Crippen molar-refractivity contribution in [3.05, 3.63) is 51.8 Å². The lowest BCUT2D eigenvalue weighted by atomic mass is 9.96. The number of ether oxygens (including phenoxy) is 1. The number of hydrogen-bond acceptors (Lipinski definition) is 8. The maximum atomic E-state index is 12.8. The first-order valence-corrected chi connectivity index (χ1v) is 10.2. The van der Waals surface area contributed by atoms with Gasteiger partial charge in [-0.25, -0.2) is 9.78 Å². The van der Waals surface area contributed by atoms with Gasteiger partial charge in [-0.2, -0.15) is 0 Å². The first kappa shape index (κ1) is 20.2. The number of aromatic nitrogens is 2. The molecule has 2 aliphatic rings. The maximum Gasteiger partial charge on any atom is 0.330 e. The fraction of sp³-hybridized carbons (Fsp3) is 0.421. The van der Waals surface area contributed by atoms with Crippen LogP contribution in [0.2, 0.25) is 0 Å². The number of rotatable bonds is 6. The second kappa shape index (κ2) is 7.31. The predicted octanol–water partition coefficient (Wildman–Crippen LogP) is 2.21. The minimum atomic E-state index is -0.713. The van der Waals surface area contributed by atoms with Crippen LogP contribution in [-0.4, -0.2) is 53.9 Å². The van der Waals surface area contributed by atoms with Crippen LogP contribution in [0.15, 0.2) is 30.5 Å². The number of imidazole rings is 1. The Morgan fingerprint density at radius 3 is 2.70 bits per heavy atom. The fourth-order valence-electron chi connectivity index (χ4n) is 3.71. The van der Waals surface area contributed by atoms with Crippen molar-refractivity contribution in [3.63, 3.8) is 0 Å². The molecule has 30 heavy (non-hydrogen) atoms. The fourth-order valence-corrected chi connectivity index (χ4v) is 5.33. The van der Waals surface area contributed by atoms with Crippen molar-refractivity contribution in [3.8, 4) is 0 Å². The topological polar surface area (TPSA) is 130 Å². The summed E-state index contributed by atoms with van der Waals surface area (Å²) >= 11 is 1.54. The molecule has 10 nitrogen and oxygen atoms in total. The molecule has 3 atom stereocenters. The van der Waals surface area contributed by atoms with Gasteiger partial charge in [0.25, 0.3) is 5.69 Å². The monoisotopic (exact) mass is 431 g/mol. The van der Waals surface area contributed by atoms with Gasteiger partial charge in [-0.05, 0) is 38.5 Å². The summed E-state index contributed by atoms with van der Waals surface area (Å²) in [5.41, 5.74) is 1.49. The third-order valence-electron chi connectivity index (χ3n) is 5.19. The standard InChI is InChI=1S/C19H21N5O5S/c1-10-8-20-18(21-10)22-13-15(25)23-14(19(2,3)30-16(13)23)17(26)29-9-11-4-6-12(7-5-11)24(27)28/h4-8,13-14,16H,9H2,1-3H3,(H2,20,21,22). The molecule has 2 fully saturated rings. The van der Waals surface area contributed by atoms with E-state index in [1.807, 2.05) is 20.8 Å². The van der Waals surface area contributed by atoms with Crippen molar-refractivity contribution < 1.29 is 19.2 Å². The number of esters is 1. The van der Waals surface area contributed by atoms with Gasteiger partial charge in [0, 0.05) is 28.8 Å². The third kappa shape index (κ3) is 3.49. The van der Waals surface area contributed by atoms with Crippen LogP contribution in [0.1, 0.15) is 25.1 Å². The number of nitro groups is 1. The number of aryl methyl sites for hydroxylation is 1. The van der Waals surface area contributed by atoms with Gasteiger partial charge in [0.2, 0.25) is 11.9 Å². The van der Waals surface area contributed by atoms with E-state index >= 15 is 0 Å². The Morgan fingerprint density at radius 2 is 2.10 bits per heavy atom. The van der Waals surface area contributed by atoms with Gasteiger partial charge in [0.05, 0.1) is 4.92 Å². The van der Waals surface area contributed by atoms with Crippen molar-refractivity contribution in [1.82, 2.24) is 14.9 Å². The Bertz CT molecular complexity index is 1000. The molecule has 1 aromatic carbocycles. The van der Waals surface area contributed by atoms with Crippen molar-refractivity contribution >= 4 is 35.3 Å². The molecule has 1 amide bonds. The third-order valence-corrected chi connectivity index (χ3v) is 6.76. The van der Waals surface area contributed by atoms with Crippen LogP contribution in [0.25, 0.3) is 0 Å². The van der Waals surface area contributed by atoms with E-state index in [1.54, 1.807) is 35.0 Å². The summed E-state index contributed by atoms with van der Waals surface area (Å²) in [7, 11) is 0. The lowest BCUT2D eigenvalue weighted by Gasteiger charge is -2.43. The number of thioether (sulfide) groups is 1. The van der Waals surface area contributed by atoms with Gasteiger partial charge in [0.1, 0.15) is 24.1 Å². The van der Waals surface area contributed by atoms with Crippen molar-refractivity contribution in [2.45, 2.75) is 49.6 Å². The van der Waals surface area contributed by atoms with Crippen LogP contribution in [0.5, 0.6) is 0 Å². The minimum Gasteiger partial charge on any atom is -0.459 e. The number of carbonyl (C=O) groups is 2. The highest BCUT2D eigenvalue weighted by Gasteiger charge is 2.64. The van der Waals surface area contributed by atoms with Crippen LogP contribution in [0.4, 0.5) is 11.6 Å². The molecule has 0 saturated carbocycles. The Balaban J connectivity index is 1.41. The molecule has 158 valence electrons. The number of amides is 1. The normalized spacial score (nSPS) is 24.2. The van der Waals surface area contributed by atoms with E-state index in [0.29, 0.717) is 11.5 Å². The van der Waals surface area contributed by atoms with Gasteiger partial charge in [-0.15, -0.1) is 11.8 Å². The van der Waals surface area contributed by atoms with E-state index in [-0.39, 0.29) is 23.6 Å². The van der Waals surface area contributed by atoms with Crippen molar-refractivity contribution in [1.29, 1.82) is 0 Å². The van der Waals surface area contributed by atoms with Gasteiger partial charge in [0.15, 0.2) is 0 Å². The number of β-lactam (4-membered cyclic amide) rings is 1. The van der Waals surface area contributed by atoms with E-state index in [9.17, 15) is 19.7 Å². The quantitative estimate of drug-likeness (QED) is 0.308. The zero-order valence-corrected chi connectivity index (χ0v) is 17.4. The van der Waals surface area contributed by atoms with E-state index in [4.69, 9.17) is 4.74 Å². The number of nitro benzene ring substituents is 1. The number of fused-ring (bicyclic) bond motifs is 1. The van der Waals surface area contributed by atoms with Gasteiger partial charge in [-0.1, -0.05) is 0 Å². The second-order valence-electron chi connectivity index (χ2n) is 7.83. The minimum absolute atomic E-state index is 0.0197. The Labute approximate surface area is 176 Å². The van der Waals surface area contributed by atoms with Crippen molar-refractivity contribution in [2.24, 2.45) is 0 Å². The number of H-pyrrole nitrogens is 1. The second-order valence-corrected chi connectivity index (χ2v) is 9.60. The average molecular weight is 431 g/mol. The molecule has 3 heterocycles. The molecular formula is C19H21N5O5S. The van der Waals surface area contributed by atoms with Crippen LogP contribution < -0.4 is 5.32 Å². The summed E-state index contributed by atoms with van der Waals surface area (Å²) in [6.07, 6.45) is 1.67. The summed E-state index contributed by atoms with van der Waals surface area (Å²) < 4.78 is 4.93. The number of carbonyl (C=O) groups excluding carboxylic acids is 2. The van der Waals surface area contributed by atoms with Gasteiger partial charge in [-0.3, -0.25) is 14.9 Å². The number of aromatic amines is 1. The molecule has 2 aliphatic heterocycles. The number of anilines is 1. The predicted molar refractivity (Wildman–Crippen MR) is 110 cm³/mol. The Kier molecular flexibility index (Phi) is 4.92. The lowest BCUT2D eigenvalue weighted by Crippen LogP contribution is -2.68. The first-order chi connectivity index (χ1) is 14.2. The highest BCUT2D eigenvalue weighted by molar-refractivity contribution is 8.01. The number of non-ortho nitro benzene ring substituents is 1. The number of benzene rings is 1. The highest BCUT2D eigenvalue weighted by Crippen LogP contribution is 2.51. The summed E-state index contributed by atoms with van der Waals surface area (Å²) in [5, 5.41) is 13.6. The largest absolute Gasteiger partial charge is 0.459 e. The Morgan fingerprint density at radius 1 is 1.40 bits per heavy atom. The van der Waals surface area contributed by atoms with Gasteiger partial charge < -0.3 is 19.9 Å². The molecule has 2 N–H and O–H groups in total. The van der Waals surface area contributed by atoms with E-state index in [1.165, 1.54) is 12.1 Å². The average Bonchev–Trinajstić information content (AvgIpc) is 3.22. The molecule has 4 rings (SSSR count). The molecule has 0 radical (unpaired) electrons. The molecule has 1 aromatic heterocycles. The summed E-state index contributed by atoms with van der Waals surface area (Å²) in [6, 6.07) is 4.63. The first-order valence-electron chi connectivity index (χ1n) is 9.35. The van der Waals surface area contributed by atoms with Crippen LogP contribution in [0, 0.1) is 17.0 Å². The number of nitrogens with zero attached hydrogens (tertiary/aromatic N) is 3. The molecule has 11 heteroatoms. The maximum absolute atomic E-state index is 12.8. The van der Waals surface area contributed by atoms with Crippen molar-refractivity contribution in [2.75, 3.05) is 5.32 Å². The van der Waals surface area contributed by atoms with E-state index < -0.39 is 27.7 Å². The molecule has 0 bridgehead atoms. The molecule has 0 spiro atoms. The molecule has 0 aliphatic carbocycles. The molecule has 2 saturated heterocycles. The highest BCUT2D eigenvalue weighted by atomic mass is 32.2. The van der Waals surface area contributed by atoms with Crippen LogP contribution >= 0.6 is 11.8 Å². The Hall–Kier alpha value is -3.08. The number of hydrogen-bond donors (Lipinski definition) is 2. The smallest absolute Gasteiger partial charge is 0.330 e. The summed E-state index contributed by atoms with van der Waals surface area (Å²) in [6.45, 7) is 5.68. The van der Waals surface area contributed by atoms with Gasteiger partial charge >= 0.3 is 5.97 Å². The molecule has 2 aromatic rings. The molecule has 3 unspecified atom stereocenters. The zero-order chi connectivity index (χ0) is 21.6. The number of nitrogens with one attached hydrogen (secondary N) is 2. The SMILES string of the molecule is Cc1cnc(NC2C(=O)N3C2SC(C)(C)C3C(=O)OCc2ccc([N+](=O)[O-])cc2)[nH]1. The lowest BCUT2D eigenvalue weighted by molar-refractivity contribution is -0.384. The summed E-state index contributed by atoms with van der Waals surface area (Å²) in [4.78, 5) is 44.6. The van der Waals surface area contributed by atoms with Crippen LogP contribution in [0.3, 0.4) is 0 Å². The van der Waals surface area contributed by atoms with Crippen LogP contribution in [-0.2, 0) is 20.9 Å². The summed E-state index contributed by atoms with van der Waals surface area (Å²) in [5.74, 6) is -0.147. The van der Waals surface area contributed by atoms with E-state index in [2.05, 4.69) is 15.3 Å². The molecular weight excluding hydrogens is 410 g/mol. The zero-order valence-electron chi connectivity index (χ0n) is 16.6.